The first-order chi connectivity index (χ1) is 19.9. The number of aromatic amines is 1. The number of nitrogens with two attached hydrogens (primary N) is 1. The average Bonchev–Trinajstić information content (AvgIpc) is 3.45. The molecule has 5 unspecified atom stereocenters. The largest absolute Gasteiger partial charge is 0.508 e. The number of aliphatic hydroxyl groups excluding tert-OH is 1. The van der Waals surface area contributed by atoms with Crippen LogP contribution in [-0.4, -0.2) is 84.4 Å². The number of amides is 3. The van der Waals surface area contributed by atoms with Crippen LogP contribution in [0.2, 0.25) is 0 Å². The van der Waals surface area contributed by atoms with E-state index in [2.05, 4.69) is 25.9 Å². The van der Waals surface area contributed by atoms with Gasteiger partial charge in [-0.25, -0.2) is 9.78 Å². The molecule has 0 bridgehead atoms. The van der Waals surface area contributed by atoms with Gasteiger partial charge in [-0.3, -0.25) is 14.4 Å². The van der Waals surface area contributed by atoms with Gasteiger partial charge in [0.2, 0.25) is 17.7 Å². The lowest BCUT2D eigenvalue weighted by molar-refractivity contribution is -0.143. The molecule has 5 atom stereocenters. The number of carboxylic acid groups (broad SMARTS) is 1. The number of imidazole rings is 1. The number of carbonyl (C=O) groups is 4. The fourth-order valence-electron chi connectivity index (χ4n) is 4.07. The minimum absolute atomic E-state index is 0.00324. The van der Waals surface area contributed by atoms with E-state index in [9.17, 15) is 39.6 Å². The van der Waals surface area contributed by atoms with Gasteiger partial charge in [0.25, 0.3) is 0 Å². The molecule has 0 radical (unpaired) electrons. The Hall–Kier alpha value is -4.95. The summed E-state index contributed by atoms with van der Waals surface area (Å²) in [5.41, 5.74) is 7.70. The third-order valence-corrected chi connectivity index (χ3v) is 6.39. The summed E-state index contributed by atoms with van der Waals surface area (Å²) >= 11 is 0. The van der Waals surface area contributed by atoms with Crippen molar-refractivity contribution in [3.8, 4) is 11.5 Å². The van der Waals surface area contributed by atoms with Crippen LogP contribution in [0, 0.1) is 0 Å². The van der Waals surface area contributed by atoms with Crippen molar-refractivity contribution in [2.75, 3.05) is 0 Å². The van der Waals surface area contributed by atoms with Crippen molar-refractivity contribution >= 4 is 23.7 Å². The van der Waals surface area contributed by atoms with Gasteiger partial charge in [-0.05, 0) is 42.3 Å². The summed E-state index contributed by atoms with van der Waals surface area (Å²) in [5, 5.41) is 46.3. The van der Waals surface area contributed by atoms with Gasteiger partial charge in [-0.15, -0.1) is 0 Å². The van der Waals surface area contributed by atoms with E-state index in [4.69, 9.17) is 5.73 Å². The van der Waals surface area contributed by atoms with Gasteiger partial charge >= 0.3 is 5.97 Å². The number of benzene rings is 2. The molecule has 0 saturated carbocycles. The van der Waals surface area contributed by atoms with Crippen LogP contribution in [0.1, 0.15) is 23.7 Å². The number of phenols is 2. The molecule has 3 aromatic rings. The van der Waals surface area contributed by atoms with Crippen LogP contribution < -0.4 is 21.7 Å². The predicted molar refractivity (Wildman–Crippen MR) is 149 cm³/mol. The molecule has 14 heteroatoms. The van der Waals surface area contributed by atoms with Gasteiger partial charge in [0.1, 0.15) is 29.6 Å². The van der Waals surface area contributed by atoms with Crippen LogP contribution in [0.15, 0.2) is 61.1 Å². The van der Waals surface area contributed by atoms with Crippen LogP contribution in [0.5, 0.6) is 11.5 Å². The molecule has 224 valence electrons. The molecule has 10 N–H and O–H groups in total. The highest BCUT2D eigenvalue weighted by molar-refractivity contribution is 5.94. The topological polar surface area (TPSA) is 240 Å². The Bertz CT molecular complexity index is 1350. The summed E-state index contributed by atoms with van der Waals surface area (Å²) < 4.78 is 0. The fourth-order valence-corrected chi connectivity index (χ4v) is 4.07. The molecule has 3 rings (SSSR count). The van der Waals surface area contributed by atoms with E-state index in [1.807, 2.05) is 0 Å². The number of nitrogens with one attached hydrogen (secondary N) is 4. The Morgan fingerprint density at radius 3 is 1.81 bits per heavy atom. The Morgan fingerprint density at radius 1 is 0.810 bits per heavy atom. The zero-order chi connectivity index (χ0) is 30.8. The molecule has 0 aliphatic carbocycles. The number of hydrogen-bond acceptors (Lipinski definition) is 9. The van der Waals surface area contributed by atoms with Gasteiger partial charge in [0, 0.05) is 31.2 Å². The zero-order valence-corrected chi connectivity index (χ0v) is 22.7. The summed E-state index contributed by atoms with van der Waals surface area (Å²) in [4.78, 5) is 57.9. The maximum Gasteiger partial charge on any atom is 0.326 e. The predicted octanol–water partition coefficient (Wildman–Crippen LogP) is -0.904. The van der Waals surface area contributed by atoms with Crippen LogP contribution in [0.25, 0.3) is 0 Å². The van der Waals surface area contributed by atoms with E-state index in [-0.39, 0.29) is 30.8 Å². The molecule has 42 heavy (non-hydrogen) atoms. The monoisotopic (exact) mass is 582 g/mol. The third kappa shape index (κ3) is 9.31. The van der Waals surface area contributed by atoms with Crippen molar-refractivity contribution in [1.29, 1.82) is 0 Å². The third-order valence-electron chi connectivity index (χ3n) is 6.39. The van der Waals surface area contributed by atoms with Crippen molar-refractivity contribution in [2.24, 2.45) is 5.73 Å². The zero-order valence-electron chi connectivity index (χ0n) is 22.7. The number of aromatic nitrogens is 2. The highest BCUT2D eigenvalue weighted by Crippen LogP contribution is 2.13. The van der Waals surface area contributed by atoms with E-state index in [0.717, 1.165) is 0 Å². The molecule has 1 aromatic heterocycles. The van der Waals surface area contributed by atoms with Crippen LogP contribution in [0.3, 0.4) is 0 Å². The Kier molecular flexibility index (Phi) is 11.0. The Balaban J connectivity index is 1.75. The lowest BCUT2D eigenvalue weighted by atomic mass is 10.0. The van der Waals surface area contributed by atoms with E-state index >= 15 is 0 Å². The Morgan fingerprint density at radius 2 is 1.33 bits per heavy atom. The van der Waals surface area contributed by atoms with Gasteiger partial charge in [0.15, 0.2) is 0 Å². The number of H-pyrrole nitrogens is 1. The molecule has 1 heterocycles. The molecule has 0 spiro atoms. The van der Waals surface area contributed by atoms with Gasteiger partial charge in [0.05, 0.1) is 18.5 Å². The highest BCUT2D eigenvalue weighted by atomic mass is 16.4. The Labute approximate surface area is 241 Å². The number of aliphatic hydroxyl groups is 1. The smallest absolute Gasteiger partial charge is 0.326 e. The number of aliphatic carboxylic acids is 1. The number of hydrogen-bond donors (Lipinski definition) is 9. The summed E-state index contributed by atoms with van der Waals surface area (Å²) in [6.07, 6.45) is 1.42. The van der Waals surface area contributed by atoms with E-state index in [0.29, 0.717) is 16.8 Å². The second-order valence-corrected chi connectivity index (χ2v) is 9.82. The van der Waals surface area contributed by atoms with Crippen LogP contribution >= 0.6 is 0 Å². The average molecular weight is 583 g/mol. The number of nitrogens with zero attached hydrogens (tertiary/aromatic N) is 1. The summed E-state index contributed by atoms with van der Waals surface area (Å²) in [6, 6.07) is 6.37. The van der Waals surface area contributed by atoms with Crippen molar-refractivity contribution in [1.82, 2.24) is 25.9 Å². The van der Waals surface area contributed by atoms with E-state index < -0.39 is 54.0 Å². The van der Waals surface area contributed by atoms with Crippen molar-refractivity contribution < 1.29 is 39.6 Å². The number of aromatic hydroxyl groups is 2. The minimum Gasteiger partial charge on any atom is -0.508 e. The van der Waals surface area contributed by atoms with E-state index in [1.54, 1.807) is 12.1 Å². The maximum absolute atomic E-state index is 13.4. The first kappa shape index (κ1) is 31.6. The standard InChI is InChI=1S/C28H34N6O8/c1-15(35)24(27(40)33-23(28(41)42)11-17-4-8-20(37)9-5-17)34-26(39)22(10-16-2-6-19(36)7-3-16)32-25(38)21(29)12-18-13-30-14-31-18/h2-9,13-15,21-24,35-37H,10-12,29H2,1H3,(H,30,31)(H,32,38)(H,33,40)(H,34,39)(H,41,42). The number of rotatable bonds is 14. The molecule has 0 fully saturated rings. The van der Waals surface area contributed by atoms with Crippen molar-refractivity contribution in [3.63, 3.8) is 0 Å². The second-order valence-electron chi connectivity index (χ2n) is 9.82. The first-order valence-corrected chi connectivity index (χ1v) is 13.0. The molecule has 2 aromatic carbocycles. The molecule has 0 aliphatic heterocycles. The number of carboxylic acids is 1. The molecular formula is C28H34N6O8. The summed E-state index contributed by atoms with van der Waals surface area (Å²) in [7, 11) is 0. The summed E-state index contributed by atoms with van der Waals surface area (Å²) in [5.74, 6) is -3.83. The quantitative estimate of drug-likeness (QED) is 0.113. The molecule has 3 amide bonds. The maximum atomic E-state index is 13.4. The lowest BCUT2D eigenvalue weighted by Crippen LogP contribution is -2.60. The van der Waals surface area contributed by atoms with Crippen LogP contribution in [0.4, 0.5) is 0 Å². The number of carbonyl (C=O) groups excluding carboxylic acids is 3. The summed E-state index contributed by atoms with van der Waals surface area (Å²) in [6.45, 7) is 1.24. The molecule has 14 nitrogen and oxygen atoms in total. The highest BCUT2D eigenvalue weighted by Gasteiger charge is 2.33. The molecular weight excluding hydrogens is 548 g/mol. The SMILES string of the molecule is CC(O)C(NC(=O)C(Cc1ccc(O)cc1)NC(=O)C(N)Cc1cnc[nH]1)C(=O)NC(Cc1ccc(O)cc1)C(=O)O. The molecule has 0 aliphatic rings. The first-order valence-electron chi connectivity index (χ1n) is 13.0. The van der Waals surface area contributed by atoms with E-state index in [1.165, 1.54) is 55.8 Å². The lowest BCUT2D eigenvalue weighted by Gasteiger charge is -2.26. The van der Waals surface area contributed by atoms with Crippen molar-refractivity contribution in [3.05, 3.63) is 77.9 Å². The van der Waals surface area contributed by atoms with Gasteiger partial charge < -0.3 is 47.1 Å². The van der Waals surface area contributed by atoms with Crippen LogP contribution in [-0.2, 0) is 38.4 Å². The van der Waals surface area contributed by atoms with Crippen molar-refractivity contribution in [2.45, 2.75) is 56.5 Å². The normalized spacial score (nSPS) is 14.5. The fraction of sp³-hybridized carbons (Fsp3) is 0.321. The van der Waals surface area contributed by atoms with Gasteiger partial charge in [-0.1, -0.05) is 24.3 Å². The second kappa shape index (κ2) is 14.6. The number of phenolic OH excluding ortho intramolecular Hbond substituents is 2. The molecule has 0 saturated heterocycles. The van der Waals surface area contributed by atoms with Gasteiger partial charge in [-0.2, -0.15) is 0 Å². The minimum atomic E-state index is -1.57.